The molecule has 26 heavy (non-hydrogen) atoms. The number of aryl methyl sites for hydroxylation is 1. The zero-order chi connectivity index (χ0) is 17.9. The van der Waals surface area contributed by atoms with Crippen molar-refractivity contribution in [2.75, 3.05) is 5.32 Å². The molecule has 4 rings (SSSR count). The molecule has 0 radical (unpaired) electrons. The summed E-state index contributed by atoms with van der Waals surface area (Å²) in [5.41, 5.74) is 6.02. The van der Waals surface area contributed by atoms with Crippen LogP contribution < -0.4 is 5.32 Å². The molecule has 0 aliphatic heterocycles. The van der Waals surface area contributed by atoms with Crippen molar-refractivity contribution in [2.45, 2.75) is 6.92 Å². The van der Waals surface area contributed by atoms with Gasteiger partial charge in [0.25, 0.3) is 0 Å². The molecule has 4 aromatic rings. The first-order chi connectivity index (χ1) is 12.7. The van der Waals surface area contributed by atoms with Gasteiger partial charge in [0.1, 0.15) is 5.75 Å². The van der Waals surface area contributed by atoms with E-state index in [1.54, 1.807) is 30.5 Å². The van der Waals surface area contributed by atoms with Crippen LogP contribution in [-0.2, 0) is 0 Å². The SMILES string of the molecule is Cc1[nH]cc(-c2ccccc2)c1-c1ccnc(Nc2ccc(O)cc2)n1. The van der Waals surface area contributed by atoms with Gasteiger partial charge in [0.2, 0.25) is 5.95 Å². The number of nitrogens with zero attached hydrogens (tertiary/aromatic N) is 2. The van der Waals surface area contributed by atoms with Crippen LogP contribution in [0.1, 0.15) is 5.69 Å². The Bertz CT molecular complexity index is 1020. The first-order valence-electron chi connectivity index (χ1n) is 8.33. The summed E-state index contributed by atoms with van der Waals surface area (Å²) >= 11 is 0. The Hall–Kier alpha value is -3.60. The van der Waals surface area contributed by atoms with E-state index in [1.165, 1.54) is 0 Å². The molecule has 0 saturated heterocycles. The quantitative estimate of drug-likeness (QED) is 0.461. The Morgan fingerprint density at radius 3 is 2.50 bits per heavy atom. The molecule has 0 amide bonds. The summed E-state index contributed by atoms with van der Waals surface area (Å²) in [4.78, 5) is 12.3. The summed E-state index contributed by atoms with van der Waals surface area (Å²) in [5.74, 6) is 0.730. The number of hydrogen-bond acceptors (Lipinski definition) is 4. The van der Waals surface area contributed by atoms with Gasteiger partial charge in [-0.3, -0.25) is 0 Å². The molecule has 0 unspecified atom stereocenters. The van der Waals surface area contributed by atoms with Crippen LogP contribution in [-0.4, -0.2) is 20.1 Å². The third kappa shape index (κ3) is 3.15. The molecule has 0 bridgehead atoms. The zero-order valence-corrected chi connectivity index (χ0v) is 14.3. The Balaban J connectivity index is 1.71. The molecule has 128 valence electrons. The van der Waals surface area contributed by atoms with E-state index in [-0.39, 0.29) is 5.75 Å². The Kier molecular flexibility index (Phi) is 4.11. The van der Waals surface area contributed by atoms with Crippen LogP contribution in [0.25, 0.3) is 22.4 Å². The normalized spacial score (nSPS) is 10.7. The number of phenolic OH excluding ortho intramolecular Hbond substituents is 1. The maximum Gasteiger partial charge on any atom is 0.227 e. The molecular weight excluding hydrogens is 324 g/mol. The molecule has 3 N–H and O–H groups in total. The highest BCUT2D eigenvalue weighted by atomic mass is 16.3. The third-order valence-electron chi connectivity index (χ3n) is 4.20. The van der Waals surface area contributed by atoms with E-state index in [4.69, 9.17) is 0 Å². The predicted octanol–water partition coefficient (Wildman–Crippen LogP) is 4.90. The van der Waals surface area contributed by atoms with Crippen LogP contribution in [0.3, 0.4) is 0 Å². The fourth-order valence-electron chi connectivity index (χ4n) is 2.93. The van der Waals surface area contributed by atoms with Gasteiger partial charge in [0.05, 0.1) is 5.69 Å². The zero-order valence-electron chi connectivity index (χ0n) is 14.3. The summed E-state index contributed by atoms with van der Waals surface area (Å²) in [6.07, 6.45) is 3.75. The van der Waals surface area contributed by atoms with Gasteiger partial charge in [-0.2, -0.15) is 0 Å². The predicted molar refractivity (Wildman–Crippen MR) is 103 cm³/mol. The fourth-order valence-corrected chi connectivity index (χ4v) is 2.93. The van der Waals surface area contributed by atoms with Crippen LogP contribution in [0.2, 0.25) is 0 Å². The highest BCUT2D eigenvalue weighted by Crippen LogP contribution is 2.34. The molecule has 0 spiro atoms. The van der Waals surface area contributed by atoms with Crippen molar-refractivity contribution in [3.8, 4) is 28.1 Å². The summed E-state index contributed by atoms with van der Waals surface area (Å²) in [6.45, 7) is 2.04. The number of hydrogen-bond donors (Lipinski definition) is 3. The molecule has 5 nitrogen and oxygen atoms in total. The van der Waals surface area contributed by atoms with Gasteiger partial charge in [-0.25, -0.2) is 9.97 Å². The van der Waals surface area contributed by atoms with Gasteiger partial charge in [0.15, 0.2) is 0 Å². The van der Waals surface area contributed by atoms with Crippen molar-refractivity contribution >= 4 is 11.6 Å². The summed E-state index contributed by atoms with van der Waals surface area (Å²) < 4.78 is 0. The van der Waals surface area contributed by atoms with Crippen LogP contribution >= 0.6 is 0 Å². The number of benzene rings is 2. The van der Waals surface area contributed by atoms with Crippen molar-refractivity contribution in [1.82, 2.24) is 15.0 Å². The maximum absolute atomic E-state index is 9.40. The highest BCUT2D eigenvalue weighted by Gasteiger charge is 2.14. The minimum Gasteiger partial charge on any atom is -0.508 e. The molecule has 0 aliphatic rings. The summed E-state index contributed by atoms with van der Waals surface area (Å²) in [6, 6.07) is 18.9. The minimum atomic E-state index is 0.223. The van der Waals surface area contributed by atoms with Crippen molar-refractivity contribution in [2.24, 2.45) is 0 Å². The third-order valence-corrected chi connectivity index (χ3v) is 4.20. The lowest BCUT2D eigenvalue weighted by Gasteiger charge is -2.09. The number of rotatable bonds is 4. The van der Waals surface area contributed by atoms with Gasteiger partial charge in [-0.05, 0) is 42.8 Å². The Morgan fingerprint density at radius 2 is 1.73 bits per heavy atom. The Morgan fingerprint density at radius 1 is 0.962 bits per heavy atom. The van der Waals surface area contributed by atoms with E-state index in [0.717, 1.165) is 33.8 Å². The van der Waals surface area contributed by atoms with Gasteiger partial charge >= 0.3 is 0 Å². The van der Waals surface area contributed by atoms with E-state index in [0.29, 0.717) is 5.95 Å². The first kappa shape index (κ1) is 15.9. The lowest BCUT2D eigenvalue weighted by atomic mass is 10.0. The topological polar surface area (TPSA) is 73.8 Å². The lowest BCUT2D eigenvalue weighted by Crippen LogP contribution is -1.98. The van der Waals surface area contributed by atoms with Gasteiger partial charge in [0, 0.05) is 34.9 Å². The van der Waals surface area contributed by atoms with Gasteiger partial charge in [-0.1, -0.05) is 30.3 Å². The Labute approximate surface area is 151 Å². The van der Waals surface area contributed by atoms with Crippen molar-refractivity contribution in [1.29, 1.82) is 0 Å². The molecule has 2 aromatic heterocycles. The standard InChI is InChI=1S/C21H18N4O/c1-14-20(18(13-23-14)15-5-3-2-4-6-15)19-11-12-22-21(25-19)24-16-7-9-17(26)10-8-16/h2-13,23,26H,1H3,(H,22,24,25). The molecule has 0 aliphatic carbocycles. The largest absolute Gasteiger partial charge is 0.508 e. The van der Waals surface area contributed by atoms with Crippen molar-refractivity contribution < 1.29 is 5.11 Å². The molecule has 0 atom stereocenters. The molecular formula is C21H18N4O. The monoisotopic (exact) mass is 342 g/mol. The second-order valence-corrected chi connectivity index (χ2v) is 6.01. The number of aromatic amines is 1. The second kappa shape index (κ2) is 6.72. The molecule has 2 heterocycles. The smallest absolute Gasteiger partial charge is 0.227 e. The number of aromatic hydroxyl groups is 1. The van der Waals surface area contributed by atoms with E-state index < -0.39 is 0 Å². The van der Waals surface area contributed by atoms with Gasteiger partial charge < -0.3 is 15.4 Å². The summed E-state index contributed by atoms with van der Waals surface area (Å²) in [7, 11) is 0. The van der Waals surface area contributed by atoms with Crippen LogP contribution in [0, 0.1) is 6.92 Å². The molecule has 0 fully saturated rings. The average Bonchev–Trinajstić information content (AvgIpc) is 3.06. The van der Waals surface area contributed by atoms with E-state index in [2.05, 4.69) is 32.4 Å². The van der Waals surface area contributed by atoms with E-state index in [9.17, 15) is 5.11 Å². The molecule has 0 saturated carbocycles. The number of nitrogens with one attached hydrogen (secondary N) is 2. The fraction of sp³-hybridized carbons (Fsp3) is 0.0476. The number of aromatic nitrogens is 3. The number of phenols is 1. The van der Waals surface area contributed by atoms with Crippen LogP contribution in [0.5, 0.6) is 5.75 Å². The van der Waals surface area contributed by atoms with Gasteiger partial charge in [-0.15, -0.1) is 0 Å². The highest BCUT2D eigenvalue weighted by molar-refractivity contribution is 5.83. The molecule has 5 heteroatoms. The second-order valence-electron chi connectivity index (χ2n) is 6.01. The van der Waals surface area contributed by atoms with Crippen molar-refractivity contribution in [3.63, 3.8) is 0 Å². The minimum absolute atomic E-state index is 0.223. The number of H-pyrrole nitrogens is 1. The van der Waals surface area contributed by atoms with Crippen LogP contribution in [0.4, 0.5) is 11.6 Å². The number of anilines is 2. The lowest BCUT2D eigenvalue weighted by molar-refractivity contribution is 0.475. The first-order valence-corrected chi connectivity index (χ1v) is 8.33. The average molecular weight is 342 g/mol. The molecule has 2 aromatic carbocycles. The van der Waals surface area contributed by atoms with E-state index >= 15 is 0 Å². The maximum atomic E-state index is 9.40. The van der Waals surface area contributed by atoms with Crippen molar-refractivity contribution in [3.05, 3.63) is 78.8 Å². The summed E-state index contributed by atoms with van der Waals surface area (Å²) in [5, 5.41) is 12.6. The van der Waals surface area contributed by atoms with E-state index in [1.807, 2.05) is 37.4 Å². The van der Waals surface area contributed by atoms with Crippen LogP contribution in [0.15, 0.2) is 73.1 Å².